The number of amides is 1. The number of nitrogens with one attached hydrogen (secondary N) is 1. The molecule has 0 aliphatic carbocycles. The number of hydrogen-bond donors (Lipinski definition) is 1. The summed E-state index contributed by atoms with van der Waals surface area (Å²) in [6, 6.07) is 14.9. The second-order valence-electron chi connectivity index (χ2n) is 7.35. The molecule has 0 aromatic heterocycles. The van der Waals surface area contributed by atoms with Gasteiger partial charge in [-0.1, -0.05) is 24.3 Å². The second kappa shape index (κ2) is 9.91. The third kappa shape index (κ3) is 5.25. The zero-order valence-electron chi connectivity index (χ0n) is 18.8. The van der Waals surface area contributed by atoms with Crippen molar-refractivity contribution in [2.45, 2.75) is 18.7 Å². The lowest BCUT2D eigenvalue weighted by atomic mass is 10.1. The van der Waals surface area contributed by atoms with Gasteiger partial charge in [-0.2, -0.15) is 0 Å². The zero-order chi connectivity index (χ0) is 24.2. The summed E-state index contributed by atoms with van der Waals surface area (Å²) in [5.41, 5.74) is 2.05. The molecule has 0 heterocycles. The Hall–Kier alpha value is -3.59. The highest BCUT2D eigenvalue weighted by molar-refractivity contribution is 7.92. The van der Waals surface area contributed by atoms with E-state index in [0.717, 1.165) is 21.5 Å². The van der Waals surface area contributed by atoms with Gasteiger partial charge in [0.2, 0.25) is 5.91 Å². The smallest absolute Gasteiger partial charge is 0.265 e. The zero-order valence-corrected chi connectivity index (χ0v) is 19.6. The number of ether oxygens (including phenoxy) is 2. The summed E-state index contributed by atoms with van der Waals surface area (Å²) in [7, 11) is -1.54. The van der Waals surface area contributed by atoms with Gasteiger partial charge in [-0.25, -0.2) is 12.8 Å². The molecule has 3 rings (SSSR count). The predicted molar refractivity (Wildman–Crippen MR) is 125 cm³/mol. The van der Waals surface area contributed by atoms with Crippen LogP contribution in [0.4, 0.5) is 15.8 Å². The lowest BCUT2D eigenvalue weighted by Crippen LogP contribution is -2.38. The highest BCUT2D eigenvalue weighted by Gasteiger charge is 2.30. The van der Waals surface area contributed by atoms with Crippen LogP contribution < -0.4 is 19.1 Å². The van der Waals surface area contributed by atoms with Crippen LogP contribution in [0.2, 0.25) is 0 Å². The molecule has 0 fully saturated rings. The van der Waals surface area contributed by atoms with Gasteiger partial charge in [0.15, 0.2) is 11.5 Å². The van der Waals surface area contributed by atoms with E-state index in [1.54, 1.807) is 6.07 Å². The molecule has 0 saturated heterocycles. The van der Waals surface area contributed by atoms with E-state index < -0.39 is 28.3 Å². The average Bonchev–Trinajstić information content (AvgIpc) is 2.79. The number of hydrogen-bond acceptors (Lipinski definition) is 5. The number of nitrogens with zero attached hydrogens (tertiary/aromatic N) is 1. The van der Waals surface area contributed by atoms with Gasteiger partial charge >= 0.3 is 0 Å². The number of halogens is 1. The molecule has 0 aliphatic rings. The molecule has 0 radical (unpaired) electrons. The Balaban J connectivity index is 2.02. The van der Waals surface area contributed by atoms with Crippen LogP contribution in [0, 0.1) is 19.7 Å². The van der Waals surface area contributed by atoms with E-state index >= 15 is 0 Å². The number of benzene rings is 3. The van der Waals surface area contributed by atoms with E-state index in [9.17, 15) is 17.6 Å². The third-order valence-corrected chi connectivity index (χ3v) is 6.77. The number of sulfonamides is 1. The van der Waals surface area contributed by atoms with E-state index in [0.29, 0.717) is 11.4 Å². The lowest BCUT2D eigenvalue weighted by Gasteiger charge is -2.25. The molecule has 0 aliphatic heterocycles. The van der Waals surface area contributed by atoms with Crippen LogP contribution in [-0.4, -0.2) is 35.1 Å². The van der Waals surface area contributed by atoms with E-state index in [1.807, 2.05) is 26.0 Å². The SMILES string of the molecule is COc1ccc(S(=O)(=O)N(CC(=O)Nc2cc(C)ccc2C)c2ccccc2F)cc1OC. The molecule has 0 atom stereocenters. The number of carbonyl (C=O) groups excluding carboxylic acids is 1. The summed E-state index contributed by atoms with van der Waals surface area (Å²) in [5.74, 6) is -0.870. The van der Waals surface area contributed by atoms with Crippen molar-refractivity contribution in [1.29, 1.82) is 0 Å². The van der Waals surface area contributed by atoms with Crippen LogP contribution in [0.5, 0.6) is 11.5 Å². The molecule has 3 aromatic carbocycles. The first kappa shape index (κ1) is 24.1. The van der Waals surface area contributed by atoms with Crippen molar-refractivity contribution in [2.75, 3.05) is 30.4 Å². The van der Waals surface area contributed by atoms with E-state index in [-0.39, 0.29) is 16.3 Å². The van der Waals surface area contributed by atoms with Gasteiger partial charge in [0.1, 0.15) is 12.4 Å². The molecule has 0 spiro atoms. The molecule has 9 heteroatoms. The maximum absolute atomic E-state index is 14.7. The van der Waals surface area contributed by atoms with E-state index in [4.69, 9.17) is 9.47 Å². The maximum atomic E-state index is 14.7. The fourth-order valence-electron chi connectivity index (χ4n) is 3.25. The minimum absolute atomic E-state index is 0.178. The average molecular weight is 473 g/mol. The Labute approximate surface area is 192 Å². The normalized spacial score (nSPS) is 11.1. The molecule has 1 amide bonds. The molecule has 33 heavy (non-hydrogen) atoms. The minimum Gasteiger partial charge on any atom is -0.493 e. The number of anilines is 2. The first-order valence-corrected chi connectivity index (χ1v) is 11.5. The van der Waals surface area contributed by atoms with Crippen molar-refractivity contribution >= 4 is 27.3 Å². The number of methoxy groups -OCH3 is 2. The molecule has 174 valence electrons. The second-order valence-corrected chi connectivity index (χ2v) is 9.21. The third-order valence-electron chi connectivity index (χ3n) is 5.02. The number of rotatable bonds is 8. The summed E-state index contributed by atoms with van der Waals surface area (Å²) in [6.07, 6.45) is 0. The fourth-order valence-corrected chi connectivity index (χ4v) is 4.69. The number of para-hydroxylation sites is 1. The fraction of sp³-hybridized carbons (Fsp3) is 0.208. The van der Waals surface area contributed by atoms with Crippen LogP contribution in [0.25, 0.3) is 0 Å². The Bertz CT molecular complexity index is 1280. The molecule has 0 saturated carbocycles. The van der Waals surface area contributed by atoms with Gasteiger partial charge in [-0.05, 0) is 55.3 Å². The summed E-state index contributed by atoms with van der Waals surface area (Å²) in [5, 5.41) is 2.72. The van der Waals surface area contributed by atoms with Gasteiger partial charge in [0.25, 0.3) is 10.0 Å². The monoisotopic (exact) mass is 472 g/mol. The van der Waals surface area contributed by atoms with Gasteiger partial charge in [-0.3, -0.25) is 9.10 Å². The maximum Gasteiger partial charge on any atom is 0.265 e. The van der Waals surface area contributed by atoms with E-state index in [2.05, 4.69) is 5.32 Å². The Morgan fingerprint density at radius 3 is 2.33 bits per heavy atom. The summed E-state index contributed by atoms with van der Waals surface area (Å²) in [6.45, 7) is 3.07. The van der Waals surface area contributed by atoms with Gasteiger partial charge in [0, 0.05) is 11.8 Å². The number of carbonyl (C=O) groups is 1. The van der Waals surface area contributed by atoms with Crippen molar-refractivity contribution in [3.05, 3.63) is 77.6 Å². The predicted octanol–water partition coefficient (Wildman–Crippen LogP) is 4.29. The largest absolute Gasteiger partial charge is 0.493 e. The van der Waals surface area contributed by atoms with Gasteiger partial charge in [0.05, 0.1) is 24.8 Å². The van der Waals surface area contributed by atoms with Crippen LogP contribution >= 0.6 is 0 Å². The highest BCUT2D eigenvalue weighted by Crippen LogP contribution is 2.33. The lowest BCUT2D eigenvalue weighted by molar-refractivity contribution is -0.114. The quantitative estimate of drug-likeness (QED) is 0.529. The summed E-state index contributed by atoms with van der Waals surface area (Å²) < 4.78 is 52.9. The summed E-state index contributed by atoms with van der Waals surface area (Å²) >= 11 is 0. The Morgan fingerprint density at radius 2 is 1.67 bits per heavy atom. The van der Waals surface area contributed by atoms with Crippen molar-refractivity contribution in [2.24, 2.45) is 0 Å². The molecule has 3 aromatic rings. The topological polar surface area (TPSA) is 84.9 Å². The Morgan fingerprint density at radius 1 is 0.970 bits per heavy atom. The van der Waals surface area contributed by atoms with Crippen LogP contribution in [0.1, 0.15) is 11.1 Å². The minimum atomic E-state index is -4.34. The van der Waals surface area contributed by atoms with Crippen molar-refractivity contribution in [3.63, 3.8) is 0 Å². The molecule has 0 bridgehead atoms. The highest BCUT2D eigenvalue weighted by atomic mass is 32.2. The molecule has 0 unspecified atom stereocenters. The first-order valence-electron chi connectivity index (χ1n) is 10.0. The molecular formula is C24H25FN2O5S. The van der Waals surface area contributed by atoms with Crippen LogP contribution in [-0.2, 0) is 14.8 Å². The molecular weight excluding hydrogens is 447 g/mol. The van der Waals surface area contributed by atoms with Crippen molar-refractivity contribution in [1.82, 2.24) is 0 Å². The van der Waals surface area contributed by atoms with Crippen molar-refractivity contribution < 1.29 is 27.1 Å². The summed E-state index contributed by atoms with van der Waals surface area (Å²) in [4.78, 5) is 12.7. The van der Waals surface area contributed by atoms with Crippen LogP contribution in [0.15, 0.2) is 65.6 Å². The van der Waals surface area contributed by atoms with E-state index in [1.165, 1.54) is 50.6 Å². The molecule has 1 N–H and O–H groups in total. The standard InChI is InChI=1S/C24H25FN2O5S/c1-16-9-10-17(2)20(13-16)26-24(28)15-27(21-8-6-5-7-19(21)25)33(29,30)18-11-12-22(31-3)23(14-18)32-4/h5-14H,15H2,1-4H3,(H,26,28). The van der Waals surface area contributed by atoms with Crippen molar-refractivity contribution in [3.8, 4) is 11.5 Å². The number of aryl methyl sites for hydroxylation is 2. The molecule has 7 nitrogen and oxygen atoms in total. The first-order chi connectivity index (χ1) is 15.7. The van der Waals surface area contributed by atoms with Gasteiger partial charge < -0.3 is 14.8 Å². The van der Waals surface area contributed by atoms with Gasteiger partial charge in [-0.15, -0.1) is 0 Å². The Kier molecular flexibility index (Phi) is 7.23. The van der Waals surface area contributed by atoms with Crippen LogP contribution in [0.3, 0.4) is 0 Å².